The average Bonchev–Trinajstić information content (AvgIpc) is 3.45. The van der Waals surface area contributed by atoms with Gasteiger partial charge in [-0.15, -0.1) is 11.3 Å². The number of piperazine rings is 1. The zero-order valence-electron chi connectivity index (χ0n) is 22.9. The number of hydrogen-bond donors (Lipinski definition) is 0. The average molecular weight is 550 g/mol. The van der Waals surface area contributed by atoms with Gasteiger partial charge < -0.3 is 14.4 Å². The molecule has 0 radical (unpaired) electrons. The molecule has 0 unspecified atom stereocenters. The Balaban J connectivity index is 1.05. The Labute approximate surface area is 235 Å². The van der Waals surface area contributed by atoms with Gasteiger partial charge in [0.15, 0.2) is 6.73 Å². The lowest BCUT2D eigenvalue weighted by Crippen LogP contribution is -2.46. The van der Waals surface area contributed by atoms with Crippen LogP contribution in [-0.2, 0) is 20.7 Å². The number of fused-ring (bicyclic) bond motifs is 2. The molecule has 0 N–H and O–H groups in total. The maximum absolute atomic E-state index is 12.6. The lowest BCUT2D eigenvalue weighted by molar-refractivity contribution is -0.144. The molecule has 39 heavy (non-hydrogen) atoms. The Hall–Kier alpha value is -3.10. The van der Waals surface area contributed by atoms with Gasteiger partial charge in [-0.3, -0.25) is 19.4 Å². The molecule has 0 saturated carbocycles. The summed E-state index contributed by atoms with van der Waals surface area (Å²) in [5.41, 5.74) is 3.24. The first-order chi connectivity index (χ1) is 19.1. The molecular formula is C31H39N3O4S. The molecule has 1 saturated heterocycles. The van der Waals surface area contributed by atoms with E-state index >= 15 is 0 Å². The fraction of sp³-hybridized carbons (Fsp3) is 0.484. The number of ether oxygens (including phenoxy) is 2. The number of amides is 1. The number of esters is 1. The van der Waals surface area contributed by atoms with Crippen LogP contribution in [0.15, 0.2) is 47.8 Å². The molecule has 0 bridgehead atoms. The molecule has 2 aromatic carbocycles. The molecule has 0 atom stereocenters. The van der Waals surface area contributed by atoms with Crippen molar-refractivity contribution >= 4 is 44.7 Å². The number of anilines is 2. The van der Waals surface area contributed by atoms with Gasteiger partial charge in [0, 0.05) is 60.9 Å². The van der Waals surface area contributed by atoms with E-state index in [1.807, 2.05) is 36.5 Å². The van der Waals surface area contributed by atoms with Gasteiger partial charge in [0.2, 0.25) is 5.91 Å². The summed E-state index contributed by atoms with van der Waals surface area (Å²) in [4.78, 5) is 31.2. The standard InChI is InChI=1S/C31H39N3O4S/c1-2-3-9-31(36)38-23-34-28-22-25(12-10-24(28)11-13-30(34)35)37-20-5-4-15-32-16-18-33(19-17-32)27-7-6-8-29-26(27)14-21-39-29/h6-8,10,12,14,21-22H,2-5,9,11,13,15-20,23H2,1H3. The van der Waals surface area contributed by atoms with Crippen LogP contribution in [0.4, 0.5) is 11.4 Å². The smallest absolute Gasteiger partial charge is 0.307 e. The fourth-order valence-electron chi connectivity index (χ4n) is 5.37. The first-order valence-corrected chi connectivity index (χ1v) is 15.2. The van der Waals surface area contributed by atoms with Gasteiger partial charge in [0.05, 0.1) is 12.3 Å². The van der Waals surface area contributed by atoms with E-state index in [1.54, 1.807) is 4.90 Å². The number of rotatable bonds is 12. The Morgan fingerprint density at radius 1 is 0.974 bits per heavy atom. The summed E-state index contributed by atoms with van der Waals surface area (Å²) in [6, 6.07) is 14.8. The van der Waals surface area contributed by atoms with Gasteiger partial charge in [-0.05, 0) is 67.4 Å². The number of unbranched alkanes of at least 4 members (excludes halogenated alkanes) is 2. The minimum absolute atomic E-state index is 0.0185. The normalized spacial score (nSPS) is 16.0. The molecule has 5 rings (SSSR count). The van der Waals surface area contributed by atoms with Crippen LogP contribution < -0.4 is 14.5 Å². The van der Waals surface area contributed by atoms with E-state index in [2.05, 4.69) is 39.4 Å². The number of nitrogens with zero attached hydrogens (tertiary/aromatic N) is 3. The third kappa shape index (κ3) is 6.92. The lowest BCUT2D eigenvalue weighted by Gasteiger charge is -2.36. The molecule has 2 aliphatic heterocycles. The van der Waals surface area contributed by atoms with E-state index in [9.17, 15) is 9.59 Å². The van der Waals surface area contributed by atoms with Gasteiger partial charge in [-0.2, -0.15) is 0 Å². The highest BCUT2D eigenvalue weighted by Gasteiger charge is 2.26. The highest BCUT2D eigenvalue weighted by molar-refractivity contribution is 7.17. The van der Waals surface area contributed by atoms with Gasteiger partial charge in [-0.25, -0.2) is 0 Å². The molecule has 208 valence electrons. The number of carbonyl (C=O) groups is 2. The van der Waals surface area contributed by atoms with E-state index in [0.717, 1.165) is 75.4 Å². The van der Waals surface area contributed by atoms with Gasteiger partial charge >= 0.3 is 5.97 Å². The summed E-state index contributed by atoms with van der Waals surface area (Å²) < 4.78 is 12.8. The van der Waals surface area contributed by atoms with Gasteiger partial charge in [-0.1, -0.05) is 25.5 Å². The van der Waals surface area contributed by atoms with E-state index in [-0.39, 0.29) is 18.6 Å². The molecule has 0 aliphatic carbocycles. The minimum atomic E-state index is -0.259. The van der Waals surface area contributed by atoms with E-state index in [0.29, 0.717) is 25.9 Å². The molecule has 8 heteroatoms. The molecule has 3 aromatic rings. The van der Waals surface area contributed by atoms with E-state index in [4.69, 9.17) is 9.47 Å². The Bertz CT molecular complexity index is 1270. The third-order valence-corrected chi connectivity index (χ3v) is 8.55. The molecular weight excluding hydrogens is 510 g/mol. The first kappa shape index (κ1) is 27.5. The van der Waals surface area contributed by atoms with Crippen LogP contribution in [-0.4, -0.2) is 62.8 Å². The van der Waals surface area contributed by atoms with E-state index < -0.39 is 0 Å². The summed E-state index contributed by atoms with van der Waals surface area (Å²) in [5, 5.41) is 3.55. The minimum Gasteiger partial charge on any atom is -0.494 e. The predicted molar refractivity (Wildman–Crippen MR) is 158 cm³/mol. The van der Waals surface area contributed by atoms with Crippen LogP contribution in [0.5, 0.6) is 5.75 Å². The summed E-state index contributed by atoms with van der Waals surface area (Å²) >= 11 is 1.81. The second kappa shape index (κ2) is 13.3. The van der Waals surface area contributed by atoms with Crippen molar-refractivity contribution in [3.05, 3.63) is 53.4 Å². The lowest BCUT2D eigenvalue weighted by atomic mass is 10.0. The topological polar surface area (TPSA) is 62.3 Å². The van der Waals surface area contributed by atoms with Crippen LogP contribution >= 0.6 is 11.3 Å². The Kier molecular flexibility index (Phi) is 9.37. The Morgan fingerprint density at radius 3 is 2.69 bits per heavy atom. The zero-order valence-corrected chi connectivity index (χ0v) is 23.7. The second-order valence-corrected chi connectivity index (χ2v) is 11.3. The van der Waals surface area contributed by atoms with Crippen LogP contribution in [0.3, 0.4) is 0 Å². The monoisotopic (exact) mass is 549 g/mol. The van der Waals surface area contributed by atoms with Gasteiger partial charge in [0.1, 0.15) is 5.75 Å². The molecule has 3 heterocycles. The van der Waals surface area contributed by atoms with Crippen LogP contribution in [0.1, 0.15) is 51.0 Å². The van der Waals surface area contributed by atoms with Crippen LogP contribution in [0.25, 0.3) is 10.1 Å². The molecule has 2 aliphatic rings. The molecule has 1 fully saturated rings. The Morgan fingerprint density at radius 2 is 1.85 bits per heavy atom. The summed E-state index contributed by atoms with van der Waals surface area (Å²) in [6.07, 6.45) is 5.30. The van der Waals surface area contributed by atoms with Crippen molar-refractivity contribution in [3.63, 3.8) is 0 Å². The van der Waals surface area contributed by atoms with Gasteiger partial charge in [0.25, 0.3) is 0 Å². The number of benzene rings is 2. The zero-order chi connectivity index (χ0) is 27.0. The summed E-state index contributed by atoms with van der Waals surface area (Å²) in [6.45, 7) is 8.00. The van der Waals surface area contributed by atoms with Crippen LogP contribution in [0.2, 0.25) is 0 Å². The maximum atomic E-state index is 12.6. The van der Waals surface area contributed by atoms with Crippen molar-refractivity contribution in [1.29, 1.82) is 0 Å². The molecule has 7 nitrogen and oxygen atoms in total. The number of hydrogen-bond acceptors (Lipinski definition) is 7. The highest BCUT2D eigenvalue weighted by atomic mass is 32.1. The van der Waals surface area contributed by atoms with Crippen molar-refractivity contribution in [2.24, 2.45) is 0 Å². The number of carbonyl (C=O) groups excluding carboxylic acids is 2. The van der Waals surface area contributed by atoms with Crippen molar-refractivity contribution < 1.29 is 19.1 Å². The summed E-state index contributed by atoms with van der Waals surface area (Å²) in [5.74, 6) is 0.474. The molecule has 0 spiro atoms. The quantitative estimate of drug-likeness (QED) is 0.209. The largest absolute Gasteiger partial charge is 0.494 e. The number of thiophene rings is 1. The van der Waals surface area contributed by atoms with Crippen LogP contribution in [0, 0.1) is 0 Å². The SMILES string of the molecule is CCCCC(=O)OCN1C(=O)CCc2ccc(OCCCCN3CCN(c4cccc5sccc45)CC3)cc21. The fourth-order valence-corrected chi connectivity index (χ4v) is 6.18. The van der Waals surface area contributed by atoms with Crippen molar-refractivity contribution in [3.8, 4) is 5.75 Å². The first-order valence-electron chi connectivity index (χ1n) is 14.3. The number of aryl methyl sites for hydroxylation is 1. The second-order valence-electron chi connectivity index (χ2n) is 10.4. The maximum Gasteiger partial charge on any atom is 0.307 e. The highest BCUT2D eigenvalue weighted by Crippen LogP contribution is 2.32. The molecule has 1 amide bonds. The third-order valence-electron chi connectivity index (χ3n) is 7.67. The van der Waals surface area contributed by atoms with Crippen molar-refractivity contribution in [1.82, 2.24) is 4.90 Å². The van der Waals surface area contributed by atoms with Crippen molar-refractivity contribution in [2.75, 3.05) is 55.9 Å². The predicted octanol–water partition coefficient (Wildman–Crippen LogP) is 5.85. The molecule has 1 aromatic heterocycles. The van der Waals surface area contributed by atoms with Crippen molar-refractivity contribution in [2.45, 2.75) is 51.9 Å². The van der Waals surface area contributed by atoms with E-state index in [1.165, 1.54) is 15.8 Å². The summed E-state index contributed by atoms with van der Waals surface area (Å²) in [7, 11) is 0.